The first-order valence-electron chi connectivity index (χ1n) is 6.75. The van der Waals surface area contributed by atoms with Gasteiger partial charge in [0.05, 0.1) is 14.2 Å². The van der Waals surface area contributed by atoms with E-state index in [1.165, 1.54) is 11.1 Å². The second-order valence-corrected chi connectivity index (χ2v) is 5.31. The fourth-order valence-corrected chi connectivity index (χ4v) is 2.47. The number of hydrogen-bond donors (Lipinski definition) is 0. The predicted octanol–water partition coefficient (Wildman–Crippen LogP) is 1.62. The average Bonchev–Trinajstić information content (AvgIpc) is 2.43. The number of methoxy groups -OCH3 is 2. The third-order valence-corrected chi connectivity index (χ3v) is 3.66. The molecule has 2 rings (SSSR count). The van der Waals surface area contributed by atoms with Crippen molar-refractivity contribution in [2.24, 2.45) is 0 Å². The number of fused-ring (bicyclic) bond motifs is 1. The van der Waals surface area contributed by atoms with Crippen molar-refractivity contribution in [1.29, 1.82) is 0 Å². The fourth-order valence-electron chi connectivity index (χ4n) is 2.47. The van der Waals surface area contributed by atoms with Crippen molar-refractivity contribution < 1.29 is 9.47 Å². The molecule has 0 radical (unpaired) electrons. The summed E-state index contributed by atoms with van der Waals surface area (Å²) >= 11 is 0. The number of ether oxygens (including phenoxy) is 2. The zero-order valence-corrected chi connectivity index (χ0v) is 12.4. The molecule has 1 aromatic carbocycles. The monoisotopic (exact) mass is 264 g/mol. The molecule has 19 heavy (non-hydrogen) atoms. The smallest absolute Gasteiger partial charge is 0.161 e. The summed E-state index contributed by atoms with van der Waals surface area (Å²) in [5.41, 5.74) is 2.75. The summed E-state index contributed by atoms with van der Waals surface area (Å²) < 4.78 is 10.7. The number of benzene rings is 1. The Kier molecular flexibility index (Phi) is 4.66. The van der Waals surface area contributed by atoms with Crippen LogP contribution in [0.3, 0.4) is 0 Å². The van der Waals surface area contributed by atoms with Gasteiger partial charge in [-0.25, -0.2) is 0 Å². The molecule has 4 nitrogen and oxygen atoms in total. The van der Waals surface area contributed by atoms with E-state index < -0.39 is 0 Å². The van der Waals surface area contributed by atoms with Gasteiger partial charge in [-0.05, 0) is 43.8 Å². The van der Waals surface area contributed by atoms with Gasteiger partial charge in [0.2, 0.25) is 0 Å². The van der Waals surface area contributed by atoms with Crippen LogP contribution in [0.15, 0.2) is 12.1 Å². The van der Waals surface area contributed by atoms with E-state index in [1.54, 1.807) is 14.2 Å². The van der Waals surface area contributed by atoms with Crippen molar-refractivity contribution in [3.63, 3.8) is 0 Å². The van der Waals surface area contributed by atoms with Gasteiger partial charge in [-0.15, -0.1) is 0 Å². The van der Waals surface area contributed by atoms with Gasteiger partial charge >= 0.3 is 0 Å². The van der Waals surface area contributed by atoms with E-state index in [-0.39, 0.29) is 0 Å². The van der Waals surface area contributed by atoms with Crippen LogP contribution < -0.4 is 9.47 Å². The SMILES string of the molecule is COc1cc2c(cc1OC)CN(CCN(C)C)CC2. The van der Waals surface area contributed by atoms with Gasteiger partial charge in [-0.2, -0.15) is 0 Å². The minimum Gasteiger partial charge on any atom is -0.493 e. The zero-order chi connectivity index (χ0) is 13.8. The molecule has 0 bridgehead atoms. The maximum absolute atomic E-state index is 5.38. The summed E-state index contributed by atoms with van der Waals surface area (Å²) in [7, 11) is 7.62. The van der Waals surface area contributed by atoms with Gasteiger partial charge in [0.1, 0.15) is 0 Å². The minimum atomic E-state index is 0.829. The Morgan fingerprint density at radius 3 is 2.32 bits per heavy atom. The van der Waals surface area contributed by atoms with E-state index in [0.717, 1.165) is 44.1 Å². The lowest BCUT2D eigenvalue weighted by molar-refractivity contribution is 0.224. The average molecular weight is 264 g/mol. The summed E-state index contributed by atoms with van der Waals surface area (Å²) in [4.78, 5) is 4.72. The number of rotatable bonds is 5. The molecule has 0 atom stereocenters. The largest absolute Gasteiger partial charge is 0.493 e. The molecule has 0 amide bonds. The van der Waals surface area contributed by atoms with Crippen LogP contribution in [0.1, 0.15) is 11.1 Å². The molecule has 0 unspecified atom stereocenters. The first kappa shape index (κ1) is 14.2. The summed E-state index contributed by atoms with van der Waals surface area (Å²) in [6.45, 7) is 4.34. The van der Waals surface area contributed by atoms with Crippen molar-refractivity contribution >= 4 is 0 Å². The van der Waals surface area contributed by atoms with E-state index in [0.29, 0.717) is 0 Å². The van der Waals surface area contributed by atoms with Crippen molar-refractivity contribution in [3.8, 4) is 11.5 Å². The fraction of sp³-hybridized carbons (Fsp3) is 0.600. The Balaban J connectivity index is 2.11. The van der Waals surface area contributed by atoms with Crippen molar-refractivity contribution in [2.45, 2.75) is 13.0 Å². The highest BCUT2D eigenvalue weighted by atomic mass is 16.5. The van der Waals surface area contributed by atoms with Crippen LogP contribution in [-0.4, -0.2) is 57.7 Å². The molecule has 0 N–H and O–H groups in total. The lowest BCUT2D eigenvalue weighted by atomic mass is 9.99. The highest BCUT2D eigenvalue weighted by molar-refractivity contribution is 5.48. The van der Waals surface area contributed by atoms with E-state index in [2.05, 4.69) is 36.0 Å². The third kappa shape index (κ3) is 3.39. The maximum Gasteiger partial charge on any atom is 0.161 e. The lowest BCUT2D eigenvalue weighted by Crippen LogP contribution is -2.35. The third-order valence-electron chi connectivity index (χ3n) is 3.66. The molecule has 1 aliphatic rings. The van der Waals surface area contributed by atoms with E-state index in [9.17, 15) is 0 Å². The Morgan fingerprint density at radius 1 is 1.11 bits per heavy atom. The quantitative estimate of drug-likeness (QED) is 0.807. The number of nitrogens with zero attached hydrogens (tertiary/aromatic N) is 2. The highest BCUT2D eigenvalue weighted by Gasteiger charge is 2.19. The Hall–Kier alpha value is -1.26. The molecular formula is C15H24N2O2. The van der Waals surface area contributed by atoms with Crippen molar-refractivity contribution in [1.82, 2.24) is 9.80 Å². The topological polar surface area (TPSA) is 24.9 Å². The van der Waals surface area contributed by atoms with Crippen LogP contribution in [0.2, 0.25) is 0 Å². The molecule has 1 aromatic rings. The standard InChI is InChI=1S/C15H24N2O2/c1-16(2)7-8-17-6-5-12-9-14(18-3)15(19-4)10-13(12)11-17/h9-10H,5-8,11H2,1-4H3. The van der Waals surface area contributed by atoms with Gasteiger partial charge in [-0.1, -0.05) is 0 Å². The second kappa shape index (κ2) is 6.26. The normalized spacial score (nSPS) is 15.4. The predicted molar refractivity (Wildman–Crippen MR) is 77.1 cm³/mol. The molecule has 0 spiro atoms. The molecule has 4 heteroatoms. The molecule has 0 aromatic heterocycles. The Labute approximate surface area is 115 Å². The van der Waals surface area contributed by atoms with E-state index in [1.807, 2.05) is 0 Å². The molecule has 1 heterocycles. The lowest BCUT2D eigenvalue weighted by Gasteiger charge is -2.30. The summed E-state index contributed by atoms with van der Waals surface area (Å²) in [6.07, 6.45) is 1.09. The van der Waals surface area contributed by atoms with Crippen LogP contribution in [0.5, 0.6) is 11.5 Å². The van der Waals surface area contributed by atoms with E-state index >= 15 is 0 Å². The number of likely N-dealkylation sites (N-methyl/N-ethyl adjacent to an activating group) is 1. The van der Waals surface area contributed by atoms with Gasteiger partial charge < -0.3 is 14.4 Å². The first-order chi connectivity index (χ1) is 9.13. The summed E-state index contributed by atoms with van der Waals surface area (Å²) in [5, 5.41) is 0. The van der Waals surface area contributed by atoms with Gasteiger partial charge in [0, 0.05) is 26.2 Å². The number of hydrogen-bond acceptors (Lipinski definition) is 4. The van der Waals surface area contributed by atoms with Crippen LogP contribution in [0.25, 0.3) is 0 Å². The molecule has 0 saturated carbocycles. The van der Waals surface area contributed by atoms with E-state index in [4.69, 9.17) is 9.47 Å². The first-order valence-corrected chi connectivity index (χ1v) is 6.75. The van der Waals surface area contributed by atoms with Crippen LogP contribution in [0, 0.1) is 0 Å². The highest BCUT2D eigenvalue weighted by Crippen LogP contribution is 2.33. The van der Waals surface area contributed by atoms with Crippen LogP contribution in [0.4, 0.5) is 0 Å². The van der Waals surface area contributed by atoms with Crippen LogP contribution >= 0.6 is 0 Å². The Bertz CT molecular complexity index is 432. The molecule has 0 fully saturated rings. The molecule has 1 aliphatic heterocycles. The Morgan fingerprint density at radius 2 is 1.74 bits per heavy atom. The summed E-state index contributed by atoms with van der Waals surface area (Å²) in [5.74, 6) is 1.67. The second-order valence-electron chi connectivity index (χ2n) is 5.31. The minimum absolute atomic E-state index is 0.829. The van der Waals surface area contributed by atoms with Crippen LogP contribution in [-0.2, 0) is 13.0 Å². The molecule has 0 saturated heterocycles. The van der Waals surface area contributed by atoms with Crippen molar-refractivity contribution in [2.75, 3.05) is 47.9 Å². The maximum atomic E-state index is 5.38. The van der Waals surface area contributed by atoms with Crippen molar-refractivity contribution in [3.05, 3.63) is 23.3 Å². The molecule has 106 valence electrons. The van der Waals surface area contributed by atoms with Gasteiger partial charge in [0.15, 0.2) is 11.5 Å². The van der Waals surface area contributed by atoms with Gasteiger partial charge in [-0.3, -0.25) is 4.90 Å². The molecular weight excluding hydrogens is 240 g/mol. The van der Waals surface area contributed by atoms with Gasteiger partial charge in [0.25, 0.3) is 0 Å². The zero-order valence-electron chi connectivity index (χ0n) is 12.4. The molecule has 0 aliphatic carbocycles. The summed E-state index contributed by atoms with van der Waals surface area (Å²) in [6, 6.07) is 4.24.